The summed E-state index contributed by atoms with van der Waals surface area (Å²) in [5.41, 5.74) is 1.32. The van der Waals surface area contributed by atoms with Crippen LogP contribution < -0.4 is 34.3 Å². The predicted octanol–water partition coefficient (Wildman–Crippen LogP) is 4.28. The van der Waals surface area contributed by atoms with E-state index in [4.69, 9.17) is 4.74 Å². The zero-order valence-electron chi connectivity index (χ0n) is 16.5. The minimum atomic E-state index is 0. The largest absolute Gasteiger partial charge is 1.00 e. The van der Waals surface area contributed by atoms with E-state index in [0.717, 1.165) is 17.9 Å². The molecule has 24 heavy (non-hydrogen) atoms. The van der Waals surface area contributed by atoms with E-state index in [9.17, 15) is 0 Å². The maximum Gasteiger partial charge on any atom is 1.00 e. The molecule has 0 radical (unpaired) electrons. The molecule has 2 aromatic rings. The van der Waals surface area contributed by atoms with Gasteiger partial charge in [-0.2, -0.15) is 0 Å². The molecule has 0 aliphatic rings. The zero-order chi connectivity index (χ0) is 16.2. The molecule has 0 amide bonds. The Labute approximate surface area is 171 Å². The summed E-state index contributed by atoms with van der Waals surface area (Å²) in [4.78, 5) is 0. The fraction of sp³-hybridized carbons (Fsp3) is 0.455. The molecule has 0 fully saturated rings. The van der Waals surface area contributed by atoms with Crippen LogP contribution in [0.4, 0.5) is 0 Å². The number of ether oxygens (including phenoxy) is 1. The summed E-state index contributed by atoms with van der Waals surface area (Å²) in [6, 6.07) is 18.5. The molecule has 0 aliphatic heterocycles. The Kier molecular flexibility index (Phi) is 12.0. The van der Waals surface area contributed by atoms with Gasteiger partial charge < -0.3 is 6.16 Å². The normalized spacial score (nSPS) is 10.2. The molecule has 126 valence electrons. The third kappa shape index (κ3) is 8.37. The van der Waals surface area contributed by atoms with Gasteiger partial charge in [-0.15, -0.1) is 0 Å². The Morgan fingerprint density at radius 1 is 0.708 bits per heavy atom. The molecule has 1 nitrogen and oxygen atoms in total. The minimum Gasteiger partial charge on any atom is -1.00 e. The van der Waals surface area contributed by atoms with Gasteiger partial charge in [0.1, 0.15) is 11.5 Å². The summed E-state index contributed by atoms with van der Waals surface area (Å²) in [5.74, 6) is 1.91. The summed E-state index contributed by atoms with van der Waals surface area (Å²) < 4.78 is 6.03. The number of para-hydroxylation sites is 2. The first kappa shape index (κ1) is 21.3. The van der Waals surface area contributed by atoms with E-state index in [-0.39, 0.29) is 31.0 Å². The van der Waals surface area contributed by atoms with Crippen LogP contribution in [0, 0.1) is 0 Å². The molecule has 0 heterocycles. The number of hydrogen-bond donors (Lipinski definition) is 0. The second kappa shape index (κ2) is 13.5. The van der Waals surface area contributed by atoms with Gasteiger partial charge in [-0.05, 0) is 36.6 Å². The fourth-order valence-corrected chi connectivity index (χ4v) is 2.87. The predicted molar refractivity (Wildman–Crippen MR) is 100 cm³/mol. The van der Waals surface area contributed by atoms with Crippen molar-refractivity contribution in [1.29, 1.82) is 0 Å². The van der Waals surface area contributed by atoms with Crippen molar-refractivity contribution in [3.8, 4) is 11.5 Å². The molecule has 0 aliphatic carbocycles. The molecule has 0 saturated heterocycles. The quantitative estimate of drug-likeness (QED) is 0.440. The molecule has 0 N–H and O–H groups in total. The first-order chi connectivity index (χ1) is 11.4. The van der Waals surface area contributed by atoms with Crippen LogP contribution >= 0.6 is 0 Å². The van der Waals surface area contributed by atoms with Gasteiger partial charge in [-0.3, -0.25) is 0 Å². The van der Waals surface area contributed by atoms with E-state index >= 15 is 0 Å². The average Bonchev–Trinajstić information content (AvgIpc) is 2.59. The van der Waals surface area contributed by atoms with E-state index < -0.39 is 0 Å². The summed E-state index contributed by atoms with van der Waals surface area (Å²) >= 11 is 0. The van der Waals surface area contributed by atoms with Gasteiger partial charge in [0.25, 0.3) is 0 Å². The Morgan fingerprint density at radius 3 is 2.00 bits per heavy atom. The first-order valence-corrected chi connectivity index (χ1v) is 9.21. The number of rotatable bonds is 11. The third-order valence-corrected chi connectivity index (χ3v) is 4.24. The van der Waals surface area contributed by atoms with Crippen molar-refractivity contribution < 1.29 is 35.7 Å². The van der Waals surface area contributed by atoms with Crippen molar-refractivity contribution in [3.05, 3.63) is 60.2 Å². The van der Waals surface area contributed by atoms with Crippen molar-refractivity contribution in [1.82, 2.24) is 0 Å². The summed E-state index contributed by atoms with van der Waals surface area (Å²) in [7, 11) is 0. The van der Waals surface area contributed by atoms with Crippen LogP contribution in [0.25, 0.3) is 0 Å². The van der Waals surface area contributed by atoms with E-state index in [1.54, 1.807) is 0 Å². The number of benzene rings is 2. The van der Waals surface area contributed by atoms with Crippen molar-refractivity contribution in [2.45, 2.75) is 64.7 Å². The van der Waals surface area contributed by atoms with E-state index in [1.807, 2.05) is 30.3 Å². The maximum atomic E-state index is 6.03. The maximum absolute atomic E-state index is 6.03. The van der Waals surface area contributed by atoms with Crippen LogP contribution in [0.1, 0.15) is 65.3 Å². The number of unbranched alkanes of at least 4 members (excludes halogenated alkanes) is 7. The Morgan fingerprint density at radius 2 is 1.29 bits per heavy atom. The van der Waals surface area contributed by atoms with Gasteiger partial charge in [0.05, 0.1) is 0 Å². The van der Waals surface area contributed by atoms with Crippen LogP contribution in [0.3, 0.4) is 0 Å². The fourth-order valence-electron chi connectivity index (χ4n) is 2.87. The molecule has 2 heteroatoms. The molecular weight excluding hydrogens is 303 g/mol. The third-order valence-electron chi connectivity index (χ3n) is 4.24. The van der Waals surface area contributed by atoms with Gasteiger partial charge in [0.2, 0.25) is 0 Å². The van der Waals surface area contributed by atoms with Gasteiger partial charge in [0.15, 0.2) is 0 Å². The second-order valence-corrected chi connectivity index (χ2v) is 6.25. The van der Waals surface area contributed by atoms with Crippen molar-refractivity contribution in [3.63, 3.8) is 0 Å². The minimum absolute atomic E-state index is 0. The second-order valence-electron chi connectivity index (χ2n) is 6.25. The molecular formula is C22H31NaO. The molecule has 2 rings (SSSR count). The number of hydrogen-bond acceptors (Lipinski definition) is 1. The van der Waals surface area contributed by atoms with Gasteiger partial charge in [-0.25, -0.2) is 0 Å². The van der Waals surface area contributed by atoms with Crippen LogP contribution in [0.5, 0.6) is 11.5 Å². The standard InChI is InChI=1S/C22H30O.Na.H/c1-2-3-4-5-6-7-8-10-15-20-16-13-14-19-22(20)23-21-17-11-9-12-18-21;;/h9,11-14,16-19H,2-8,10,15H2,1H3;;/q;+1;-1. The Bertz CT molecular complexity index is 545. The molecule has 0 saturated carbocycles. The molecule has 0 aromatic heterocycles. The monoisotopic (exact) mass is 334 g/mol. The Balaban J connectivity index is 0.00000288. The average molecular weight is 334 g/mol. The van der Waals surface area contributed by atoms with Gasteiger partial charge in [-0.1, -0.05) is 88.3 Å². The van der Waals surface area contributed by atoms with E-state index in [0.29, 0.717) is 0 Å². The molecule has 2 aromatic carbocycles. The van der Waals surface area contributed by atoms with Crippen LogP contribution in [0.2, 0.25) is 0 Å². The van der Waals surface area contributed by atoms with Crippen LogP contribution in [-0.2, 0) is 6.42 Å². The smallest absolute Gasteiger partial charge is 1.00 e. The molecule has 0 atom stereocenters. The Hall–Kier alpha value is -0.760. The summed E-state index contributed by atoms with van der Waals surface area (Å²) in [6.07, 6.45) is 12.0. The van der Waals surface area contributed by atoms with Crippen molar-refractivity contribution in [2.24, 2.45) is 0 Å². The van der Waals surface area contributed by atoms with Crippen LogP contribution in [0.15, 0.2) is 54.6 Å². The zero-order valence-corrected chi connectivity index (χ0v) is 17.5. The van der Waals surface area contributed by atoms with E-state index in [2.05, 4.69) is 31.2 Å². The molecule has 0 unspecified atom stereocenters. The topological polar surface area (TPSA) is 9.23 Å². The first-order valence-electron chi connectivity index (χ1n) is 9.21. The summed E-state index contributed by atoms with van der Waals surface area (Å²) in [5, 5.41) is 0. The van der Waals surface area contributed by atoms with Gasteiger partial charge in [0, 0.05) is 0 Å². The van der Waals surface area contributed by atoms with Crippen molar-refractivity contribution >= 4 is 0 Å². The van der Waals surface area contributed by atoms with Gasteiger partial charge >= 0.3 is 29.6 Å². The molecule has 0 bridgehead atoms. The van der Waals surface area contributed by atoms with E-state index in [1.165, 1.54) is 56.9 Å². The molecule has 0 spiro atoms. The van der Waals surface area contributed by atoms with Crippen LogP contribution in [-0.4, -0.2) is 0 Å². The number of aryl methyl sites for hydroxylation is 1. The summed E-state index contributed by atoms with van der Waals surface area (Å²) in [6.45, 7) is 2.27. The van der Waals surface area contributed by atoms with Crippen molar-refractivity contribution in [2.75, 3.05) is 0 Å². The SMILES string of the molecule is CCCCCCCCCCc1ccccc1Oc1ccccc1.[H-].[Na+].